The van der Waals surface area contributed by atoms with E-state index in [0.717, 1.165) is 5.69 Å². The van der Waals surface area contributed by atoms with Gasteiger partial charge in [-0.25, -0.2) is 0 Å². The van der Waals surface area contributed by atoms with E-state index in [9.17, 15) is 15.0 Å². The molecule has 0 heterocycles. The number of anilines is 1. The number of hydrogen-bond acceptors (Lipinski definition) is 4. The fourth-order valence-electron chi connectivity index (χ4n) is 1.59. The molecule has 1 rings (SSSR count). The first kappa shape index (κ1) is 15.5. The van der Waals surface area contributed by atoms with Crippen LogP contribution in [-0.4, -0.2) is 40.9 Å². The maximum atomic E-state index is 12.2. The third-order valence-electron chi connectivity index (χ3n) is 2.73. The van der Waals surface area contributed by atoms with E-state index in [2.05, 4.69) is 10.6 Å². The zero-order valence-corrected chi connectivity index (χ0v) is 11.6. The number of para-hydroxylation sites is 1. The van der Waals surface area contributed by atoms with Crippen LogP contribution in [0, 0.1) is 0 Å². The molecule has 0 fully saturated rings. The van der Waals surface area contributed by atoms with E-state index in [1.807, 2.05) is 26.0 Å². The highest BCUT2D eigenvalue weighted by Gasteiger charge is 2.26. The van der Waals surface area contributed by atoms with Crippen molar-refractivity contribution in [2.24, 2.45) is 0 Å². The van der Waals surface area contributed by atoms with Gasteiger partial charge in [-0.15, -0.1) is 0 Å². The number of aliphatic hydroxyl groups excluding tert-OH is 2. The molecule has 0 aromatic heterocycles. The summed E-state index contributed by atoms with van der Waals surface area (Å²) in [6, 6.07) is 7.35. The van der Waals surface area contributed by atoms with Gasteiger partial charge < -0.3 is 20.8 Å². The minimum absolute atomic E-state index is 0.205. The van der Waals surface area contributed by atoms with Crippen molar-refractivity contribution < 1.29 is 15.0 Å². The van der Waals surface area contributed by atoms with Gasteiger partial charge >= 0.3 is 0 Å². The van der Waals surface area contributed by atoms with Crippen molar-refractivity contribution in [1.29, 1.82) is 0 Å². The first-order valence-electron chi connectivity index (χ1n) is 6.31. The Morgan fingerprint density at radius 3 is 2.37 bits per heavy atom. The first-order valence-corrected chi connectivity index (χ1v) is 6.31. The zero-order valence-electron chi connectivity index (χ0n) is 11.6. The number of nitrogens with one attached hydrogen (secondary N) is 2. The van der Waals surface area contributed by atoms with Gasteiger partial charge in [-0.2, -0.15) is 0 Å². The highest BCUT2D eigenvalue weighted by atomic mass is 16.3. The van der Waals surface area contributed by atoms with Crippen LogP contribution in [0.1, 0.15) is 31.1 Å². The average Bonchev–Trinajstić information content (AvgIpc) is 2.38. The lowest BCUT2D eigenvalue weighted by Crippen LogP contribution is -2.51. The fourth-order valence-corrected chi connectivity index (χ4v) is 1.59. The van der Waals surface area contributed by atoms with Crippen LogP contribution >= 0.6 is 0 Å². The Morgan fingerprint density at radius 1 is 1.26 bits per heavy atom. The topological polar surface area (TPSA) is 81.6 Å². The quantitative estimate of drug-likeness (QED) is 0.618. The Bertz CT molecular complexity index is 428. The largest absolute Gasteiger partial charge is 0.394 e. The van der Waals surface area contributed by atoms with Crippen molar-refractivity contribution in [3.63, 3.8) is 0 Å². The number of carbonyl (C=O) groups is 1. The van der Waals surface area contributed by atoms with E-state index in [1.54, 1.807) is 19.1 Å². The Hall–Kier alpha value is -1.59. The van der Waals surface area contributed by atoms with Crippen molar-refractivity contribution in [1.82, 2.24) is 5.32 Å². The van der Waals surface area contributed by atoms with Gasteiger partial charge in [0, 0.05) is 11.7 Å². The second kappa shape index (κ2) is 6.54. The molecular formula is C14H22N2O3. The van der Waals surface area contributed by atoms with E-state index in [1.165, 1.54) is 0 Å². The molecule has 1 aromatic rings. The summed E-state index contributed by atoms with van der Waals surface area (Å²) in [6.07, 6.45) is 0. The Kier molecular flexibility index (Phi) is 5.32. The summed E-state index contributed by atoms with van der Waals surface area (Å²) in [5, 5.41) is 24.2. The summed E-state index contributed by atoms with van der Waals surface area (Å²) in [7, 11) is 0. The van der Waals surface area contributed by atoms with E-state index in [0.29, 0.717) is 5.56 Å². The van der Waals surface area contributed by atoms with Gasteiger partial charge in [-0.3, -0.25) is 4.79 Å². The highest BCUT2D eigenvalue weighted by Crippen LogP contribution is 2.17. The molecule has 0 atom stereocenters. The van der Waals surface area contributed by atoms with Gasteiger partial charge in [-0.1, -0.05) is 12.1 Å². The van der Waals surface area contributed by atoms with Gasteiger partial charge in [0.2, 0.25) is 0 Å². The minimum atomic E-state index is -1.03. The summed E-state index contributed by atoms with van der Waals surface area (Å²) in [4.78, 5) is 12.2. The van der Waals surface area contributed by atoms with Crippen molar-refractivity contribution in [3.8, 4) is 0 Å². The molecule has 0 unspecified atom stereocenters. The van der Waals surface area contributed by atoms with Gasteiger partial charge in [0.25, 0.3) is 5.91 Å². The molecule has 0 bridgehead atoms. The lowest BCUT2D eigenvalue weighted by molar-refractivity contribution is 0.0724. The molecule has 1 amide bonds. The Labute approximate surface area is 113 Å². The number of rotatable bonds is 6. The predicted molar refractivity (Wildman–Crippen MR) is 75.2 cm³/mol. The fraction of sp³-hybridized carbons (Fsp3) is 0.500. The molecule has 0 spiro atoms. The molecule has 0 radical (unpaired) electrons. The summed E-state index contributed by atoms with van der Waals surface area (Å²) in [5.74, 6) is -0.325. The second-order valence-corrected chi connectivity index (χ2v) is 5.18. The van der Waals surface area contributed by atoms with Gasteiger partial charge in [0.15, 0.2) is 0 Å². The molecule has 0 aliphatic heterocycles. The molecule has 106 valence electrons. The number of aliphatic hydroxyl groups is 2. The van der Waals surface area contributed by atoms with Crippen molar-refractivity contribution in [2.45, 2.75) is 32.4 Å². The zero-order chi connectivity index (χ0) is 14.5. The monoisotopic (exact) mass is 266 g/mol. The molecule has 0 aliphatic carbocycles. The van der Waals surface area contributed by atoms with Crippen molar-refractivity contribution >= 4 is 11.6 Å². The minimum Gasteiger partial charge on any atom is -0.394 e. The standard InChI is InChI=1S/C14H22N2O3/c1-10(2)15-12-7-5-4-6-11(12)13(19)16-14(3,8-17)9-18/h4-7,10,15,17-18H,8-9H2,1-3H3,(H,16,19). The van der Waals surface area contributed by atoms with Crippen LogP contribution in [0.5, 0.6) is 0 Å². The average molecular weight is 266 g/mol. The number of carbonyl (C=O) groups excluding carboxylic acids is 1. The molecular weight excluding hydrogens is 244 g/mol. The first-order chi connectivity index (χ1) is 8.91. The van der Waals surface area contributed by atoms with Crippen LogP contribution in [-0.2, 0) is 0 Å². The molecule has 4 N–H and O–H groups in total. The maximum absolute atomic E-state index is 12.2. The number of hydrogen-bond donors (Lipinski definition) is 4. The summed E-state index contributed by atoms with van der Waals surface area (Å²) in [6.45, 7) is 4.91. The molecule has 0 saturated carbocycles. The smallest absolute Gasteiger partial charge is 0.253 e. The maximum Gasteiger partial charge on any atom is 0.253 e. The second-order valence-electron chi connectivity index (χ2n) is 5.18. The van der Waals surface area contributed by atoms with E-state index >= 15 is 0 Å². The molecule has 0 saturated heterocycles. The third kappa shape index (κ3) is 4.22. The number of amides is 1. The number of benzene rings is 1. The van der Waals surface area contributed by atoms with Crippen LogP contribution in [0.15, 0.2) is 24.3 Å². The lowest BCUT2D eigenvalue weighted by atomic mass is 10.0. The molecule has 0 aliphatic rings. The van der Waals surface area contributed by atoms with Crippen LogP contribution in [0.3, 0.4) is 0 Å². The SMILES string of the molecule is CC(C)Nc1ccccc1C(=O)NC(C)(CO)CO. The van der Waals surface area contributed by atoms with Gasteiger partial charge in [-0.05, 0) is 32.9 Å². The third-order valence-corrected chi connectivity index (χ3v) is 2.73. The van der Waals surface area contributed by atoms with Gasteiger partial charge in [0.1, 0.15) is 0 Å². The van der Waals surface area contributed by atoms with Crippen molar-refractivity contribution in [3.05, 3.63) is 29.8 Å². The van der Waals surface area contributed by atoms with Crippen molar-refractivity contribution in [2.75, 3.05) is 18.5 Å². The van der Waals surface area contributed by atoms with E-state index < -0.39 is 5.54 Å². The van der Waals surface area contributed by atoms with Crippen LogP contribution < -0.4 is 10.6 Å². The Morgan fingerprint density at radius 2 is 1.84 bits per heavy atom. The lowest BCUT2D eigenvalue weighted by Gasteiger charge is -2.27. The Balaban J connectivity index is 2.93. The van der Waals surface area contributed by atoms with E-state index in [-0.39, 0.29) is 25.2 Å². The molecule has 19 heavy (non-hydrogen) atoms. The van der Waals surface area contributed by atoms with Gasteiger partial charge in [0.05, 0.1) is 24.3 Å². The summed E-state index contributed by atoms with van der Waals surface area (Å²) < 4.78 is 0. The molecule has 5 nitrogen and oxygen atoms in total. The highest BCUT2D eigenvalue weighted by molar-refractivity contribution is 6.00. The van der Waals surface area contributed by atoms with Crippen LogP contribution in [0.2, 0.25) is 0 Å². The summed E-state index contributed by atoms with van der Waals surface area (Å²) in [5.41, 5.74) is 0.194. The normalized spacial score (nSPS) is 11.5. The van der Waals surface area contributed by atoms with E-state index in [4.69, 9.17) is 0 Å². The molecule has 5 heteroatoms. The summed E-state index contributed by atoms with van der Waals surface area (Å²) >= 11 is 0. The van der Waals surface area contributed by atoms with Crippen LogP contribution in [0.4, 0.5) is 5.69 Å². The van der Waals surface area contributed by atoms with Crippen LogP contribution in [0.25, 0.3) is 0 Å². The predicted octanol–water partition coefficient (Wildman–Crippen LogP) is 0.980. The molecule has 1 aromatic carbocycles.